The maximum absolute atomic E-state index is 13.7. The number of nitrogens with one attached hydrogen (secondary N) is 1. The highest BCUT2D eigenvalue weighted by Crippen LogP contribution is 2.35. The predicted molar refractivity (Wildman–Crippen MR) is 105 cm³/mol. The number of nitrogens with zero attached hydrogens (tertiary/aromatic N) is 3. The van der Waals surface area contributed by atoms with Crippen molar-refractivity contribution in [3.05, 3.63) is 46.2 Å². The molecule has 0 bridgehead atoms. The van der Waals surface area contributed by atoms with Crippen LogP contribution in [0.4, 0.5) is 13.2 Å². The highest BCUT2D eigenvalue weighted by molar-refractivity contribution is 9.10. The van der Waals surface area contributed by atoms with Crippen LogP contribution in [-0.2, 0) is 6.18 Å². The van der Waals surface area contributed by atoms with E-state index in [9.17, 15) is 18.0 Å². The van der Waals surface area contributed by atoms with Gasteiger partial charge < -0.3 is 10.1 Å². The number of carbonyl (C=O) groups excluding carboxylic acids is 1. The molecule has 1 N–H and O–H groups in total. The summed E-state index contributed by atoms with van der Waals surface area (Å²) in [7, 11) is 1.50. The molecule has 0 atom stereocenters. The number of amides is 1. The number of rotatable bonds is 6. The number of ether oxygens (including phenoxy) is 1. The second-order valence-corrected chi connectivity index (χ2v) is 7.05. The molecule has 0 saturated carbocycles. The molecule has 0 fully saturated rings. The maximum atomic E-state index is 13.7. The number of carbonyl (C=O) groups is 1. The van der Waals surface area contributed by atoms with Crippen molar-refractivity contribution < 1.29 is 22.7 Å². The molecular weight excluding hydrogens is 453 g/mol. The fraction of sp³-hybridized carbons (Fsp3) is 0.316. The fourth-order valence-electron chi connectivity index (χ4n) is 2.71. The van der Waals surface area contributed by atoms with Gasteiger partial charge in [-0.25, -0.2) is 9.50 Å². The highest BCUT2D eigenvalue weighted by atomic mass is 79.9. The van der Waals surface area contributed by atoms with Crippen molar-refractivity contribution in [1.82, 2.24) is 19.9 Å². The molecule has 0 saturated heterocycles. The molecule has 0 aliphatic carbocycles. The van der Waals surface area contributed by atoms with E-state index >= 15 is 0 Å². The van der Waals surface area contributed by atoms with Crippen molar-refractivity contribution in [3.8, 4) is 17.0 Å². The van der Waals surface area contributed by atoms with Gasteiger partial charge in [0.15, 0.2) is 17.0 Å². The summed E-state index contributed by atoms with van der Waals surface area (Å²) in [4.78, 5) is 16.7. The van der Waals surface area contributed by atoms with E-state index in [1.807, 2.05) is 6.92 Å². The number of alkyl halides is 3. The van der Waals surface area contributed by atoms with Gasteiger partial charge >= 0.3 is 6.18 Å². The number of methoxy groups -OCH3 is 1. The van der Waals surface area contributed by atoms with Gasteiger partial charge in [-0.3, -0.25) is 4.79 Å². The molecule has 0 radical (unpaired) electrons. The molecule has 29 heavy (non-hydrogen) atoms. The van der Waals surface area contributed by atoms with Crippen LogP contribution in [0.5, 0.6) is 5.75 Å². The van der Waals surface area contributed by atoms with Crippen LogP contribution < -0.4 is 10.1 Å². The van der Waals surface area contributed by atoms with Crippen molar-refractivity contribution in [2.24, 2.45) is 0 Å². The van der Waals surface area contributed by atoms with Crippen molar-refractivity contribution in [2.75, 3.05) is 13.7 Å². The molecular formula is C19H18BrF3N4O2. The first-order chi connectivity index (χ1) is 13.8. The molecule has 154 valence electrons. The van der Waals surface area contributed by atoms with Crippen LogP contribution in [0.1, 0.15) is 35.9 Å². The second-order valence-electron chi connectivity index (χ2n) is 6.26. The van der Waals surface area contributed by atoms with E-state index < -0.39 is 17.8 Å². The standard InChI is InChI=1S/C19H18BrF3N4O2/c1-3-4-9-24-18(28)16-15(20)17-25-13(11-5-7-12(29-2)8-6-11)10-14(19(21,22)23)27(17)26-16/h5-8,10H,3-4,9H2,1-2H3,(H,24,28). The van der Waals surface area contributed by atoms with E-state index in [0.717, 1.165) is 18.9 Å². The van der Waals surface area contributed by atoms with E-state index in [4.69, 9.17) is 4.74 Å². The van der Waals surface area contributed by atoms with Crippen LogP contribution in [-0.4, -0.2) is 34.2 Å². The van der Waals surface area contributed by atoms with Crippen LogP contribution in [0.25, 0.3) is 16.9 Å². The molecule has 0 spiro atoms. The minimum absolute atomic E-state index is 0.0914. The number of halogens is 4. The quantitative estimate of drug-likeness (QED) is 0.529. The molecule has 0 unspecified atom stereocenters. The number of aromatic nitrogens is 3. The van der Waals surface area contributed by atoms with Gasteiger partial charge in [-0.15, -0.1) is 0 Å². The van der Waals surface area contributed by atoms with Gasteiger partial charge in [0.1, 0.15) is 5.75 Å². The Morgan fingerprint density at radius 2 is 1.97 bits per heavy atom. The first-order valence-electron chi connectivity index (χ1n) is 8.85. The summed E-state index contributed by atoms with van der Waals surface area (Å²) in [6.07, 6.45) is -3.06. The topological polar surface area (TPSA) is 68.5 Å². The zero-order valence-electron chi connectivity index (χ0n) is 15.7. The lowest BCUT2D eigenvalue weighted by Crippen LogP contribution is -2.25. The van der Waals surface area contributed by atoms with E-state index in [1.165, 1.54) is 7.11 Å². The van der Waals surface area contributed by atoms with E-state index in [2.05, 4.69) is 31.3 Å². The summed E-state index contributed by atoms with van der Waals surface area (Å²) < 4.78 is 46.9. The zero-order valence-corrected chi connectivity index (χ0v) is 17.3. The van der Waals surface area contributed by atoms with Crippen LogP contribution >= 0.6 is 15.9 Å². The lowest BCUT2D eigenvalue weighted by molar-refractivity contribution is -0.142. The summed E-state index contributed by atoms with van der Waals surface area (Å²) in [5.74, 6) is 0.0115. The highest BCUT2D eigenvalue weighted by Gasteiger charge is 2.36. The minimum atomic E-state index is -4.69. The first-order valence-corrected chi connectivity index (χ1v) is 9.64. The van der Waals surface area contributed by atoms with Crippen molar-refractivity contribution in [3.63, 3.8) is 0 Å². The third-order valence-electron chi connectivity index (χ3n) is 4.24. The van der Waals surface area contributed by atoms with Gasteiger partial charge in [0.05, 0.1) is 17.3 Å². The summed E-state index contributed by atoms with van der Waals surface area (Å²) in [6.45, 7) is 2.37. The molecule has 3 rings (SSSR count). The van der Waals surface area contributed by atoms with Gasteiger partial charge in [-0.05, 0) is 52.7 Å². The molecule has 0 aliphatic heterocycles. The summed E-state index contributed by atoms with van der Waals surface area (Å²) in [5.41, 5.74) is -0.689. The van der Waals surface area contributed by atoms with Gasteiger partial charge in [-0.2, -0.15) is 18.3 Å². The fourth-order valence-corrected chi connectivity index (χ4v) is 3.23. The number of hydrogen-bond acceptors (Lipinski definition) is 4. The Labute approximate surface area is 173 Å². The molecule has 2 aromatic heterocycles. The van der Waals surface area contributed by atoms with Gasteiger partial charge in [0.2, 0.25) is 0 Å². The van der Waals surface area contributed by atoms with E-state index in [1.54, 1.807) is 24.3 Å². The molecule has 2 heterocycles. The number of fused-ring (bicyclic) bond motifs is 1. The van der Waals surface area contributed by atoms with Gasteiger partial charge in [-0.1, -0.05) is 13.3 Å². The lowest BCUT2D eigenvalue weighted by Gasteiger charge is -2.11. The summed E-state index contributed by atoms with van der Waals surface area (Å²) in [6, 6.07) is 7.40. The molecule has 3 aromatic rings. The van der Waals surface area contributed by atoms with Crippen LogP contribution in [0.2, 0.25) is 0 Å². The van der Waals surface area contributed by atoms with Crippen LogP contribution in [0.3, 0.4) is 0 Å². The molecule has 1 aromatic carbocycles. The number of hydrogen-bond donors (Lipinski definition) is 1. The number of benzene rings is 1. The summed E-state index contributed by atoms with van der Waals surface area (Å²) in [5, 5.41) is 6.53. The third kappa shape index (κ3) is 4.36. The van der Waals surface area contributed by atoms with Gasteiger partial charge in [0.25, 0.3) is 5.91 Å². The molecule has 10 heteroatoms. The molecule has 6 nitrogen and oxygen atoms in total. The van der Waals surface area contributed by atoms with Gasteiger partial charge in [0, 0.05) is 12.1 Å². The average Bonchev–Trinajstić information content (AvgIpc) is 3.03. The minimum Gasteiger partial charge on any atom is -0.497 e. The normalized spacial score (nSPS) is 11.7. The molecule has 1 amide bonds. The van der Waals surface area contributed by atoms with Crippen molar-refractivity contribution in [2.45, 2.75) is 25.9 Å². The van der Waals surface area contributed by atoms with E-state index in [0.29, 0.717) is 22.4 Å². The van der Waals surface area contributed by atoms with Crippen molar-refractivity contribution in [1.29, 1.82) is 0 Å². The van der Waals surface area contributed by atoms with E-state index in [-0.39, 0.29) is 21.5 Å². The largest absolute Gasteiger partial charge is 0.497 e. The van der Waals surface area contributed by atoms with Crippen LogP contribution in [0.15, 0.2) is 34.8 Å². The van der Waals surface area contributed by atoms with Crippen molar-refractivity contribution >= 4 is 27.5 Å². The smallest absolute Gasteiger partial charge is 0.433 e. The molecule has 0 aliphatic rings. The zero-order chi connectivity index (χ0) is 21.2. The maximum Gasteiger partial charge on any atom is 0.433 e. The predicted octanol–water partition coefficient (Wildman–Crippen LogP) is 4.72. The second kappa shape index (κ2) is 8.40. The third-order valence-corrected chi connectivity index (χ3v) is 4.97. The lowest BCUT2D eigenvalue weighted by atomic mass is 10.1. The Hall–Kier alpha value is -2.62. The Kier molecular flexibility index (Phi) is 6.11. The number of unbranched alkanes of at least 4 members (excludes halogenated alkanes) is 1. The van der Waals surface area contributed by atoms with Crippen LogP contribution in [0, 0.1) is 0 Å². The Balaban J connectivity index is 2.13. The Bertz CT molecular complexity index is 1030. The first kappa shape index (κ1) is 21.1. The summed E-state index contributed by atoms with van der Waals surface area (Å²) >= 11 is 3.20. The SMILES string of the molecule is CCCCNC(=O)c1nn2c(C(F)(F)F)cc(-c3ccc(OC)cc3)nc2c1Br. The Morgan fingerprint density at radius 1 is 1.28 bits per heavy atom. The Morgan fingerprint density at radius 3 is 2.55 bits per heavy atom. The monoisotopic (exact) mass is 470 g/mol. The average molecular weight is 471 g/mol.